The van der Waals surface area contributed by atoms with Crippen molar-refractivity contribution in [3.05, 3.63) is 23.3 Å². The Hall–Kier alpha value is -1.26. The molecule has 2 heterocycles. The molecule has 4 nitrogen and oxygen atoms in total. The molecule has 0 amide bonds. The van der Waals surface area contributed by atoms with E-state index < -0.39 is 0 Å². The van der Waals surface area contributed by atoms with E-state index in [-0.39, 0.29) is 17.9 Å². The number of rotatable bonds is 3. The first-order valence-corrected chi connectivity index (χ1v) is 8.31. The zero-order valence-electron chi connectivity index (χ0n) is 13.7. The van der Waals surface area contributed by atoms with Gasteiger partial charge in [-0.25, -0.2) is 0 Å². The molecule has 4 heteroatoms. The molecule has 0 bridgehead atoms. The summed E-state index contributed by atoms with van der Waals surface area (Å²) in [7, 11) is 1.58. The minimum absolute atomic E-state index is 0.212. The minimum atomic E-state index is -0.241. The Labute approximate surface area is 132 Å². The van der Waals surface area contributed by atoms with Gasteiger partial charge in [0.25, 0.3) is 0 Å². The average Bonchev–Trinajstić information content (AvgIpc) is 2.47. The zero-order chi connectivity index (χ0) is 15.9. The Kier molecular flexibility index (Phi) is 4.33. The summed E-state index contributed by atoms with van der Waals surface area (Å²) >= 11 is 0. The van der Waals surface area contributed by atoms with Crippen molar-refractivity contribution in [2.24, 2.45) is 11.8 Å². The Bertz CT molecular complexity index is 543. The van der Waals surface area contributed by atoms with Crippen LogP contribution in [0.3, 0.4) is 0 Å². The molecule has 0 aliphatic carbocycles. The molecule has 0 spiro atoms. The predicted octanol–water partition coefficient (Wildman–Crippen LogP) is 2.73. The highest BCUT2D eigenvalue weighted by atomic mass is 16.5. The largest absolute Gasteiger partial charge is 0.504 e. The molecule has 122 valence electrons. The number of phenols is 1. The van der Waals surface area contributed by atoms with Crippen LogP contribution < -0.4 is 4.74 Å². The highest BCUT2D eigenvalue weighted by molar-refractivity contribution is 5.48. The number of hydrogen-bond acceptors (Lipinski definition) is 4. The van der Waals surface area contributed by atoms with Crippen molar-refractivity contribution in [2.75, 3.05) is 20.2 Å². The standard InChI is InChI=1S/C18H27NO3/c1-11(2)6-13-10-19-5-4-12-7-17(21)18(22-3)8-14(12)15(19)9-16(13)20/h7-8,11,13,15-16,20-21H,4-6,9-10H2,1-3H3/t13?,15-,16-/m1/s1. The third-order valence-corrected chi connectivity index (χ3v) is 5.16. The van der Waals surface area contributed by atoms with Gasteiger partial charge in [0.1, 0.15) is 0 Å². The number of hydrogen-bond donors (Lipinski definition) is 2. The molecule has 0 saturated carbocycles. The van der Waals surface area contributed by atoms with E-state index in [9.17, 15) is 10.2 Å². The zero-order valence-corrected chi connectivity index (χ0v) is 13.7. The normalized spacial score (nSPS) is 28.3. The van der Waals surface area contributed by atoms with Gasteiger partial charge in [-0.3, -0.25) is 4.90 Å². The van der Waals surface area contributed by atoms with Gasteiger partial charge in [-0.15, -0.1) is 0 Å². The van der Waals surface area contributed by atoms with Crippen molar-refractivity contribution in [2.45, 2.75) is 45.3 Å². The van der Waals surface area contributed by atoms with Gasteiger partial charge < -0.3 is 14.9 Å². The molecule has 0 radical (unpaired) electrons. The summed E-state index contributed by atoms with van der Waals surface area (Å²) in [5.41, 5.74) is 2.40. The number of methoxy groups -OCH3 is 1. The number of aromatic hydroxyl groups is 1. The van der Waals surface area contributed by atoms with E-state index in [0.717, 1.165) is 32.4 Å². The quantitative estimate of drug-likeness (QED) is 0.901. The van der Waals surface area contributed by atoms with Crippen LogP contribution in [-0.4, -0.2) is 41.4 Å². The summed E-state index contributed by atoms with van der Waals surface area (Å²) in [6.07, 6.45) is 2.57. The molecule has 1 aromatic carbocycles. The van der Waals surface area contributed by atoms with E-state index in [1.54, 1.807) is 7.11 Å². The molecule has 2 aliphatic heterocycles. The molecule has 22 heavy (non-hydrogen) atoms. The van der Waals surface area contributed by atoms with Gasteiger partial charge in [0.15, 0.2) is 11.5 Å². The van der Waals surface area contributed by atoms with Crippen LogP contribution in [0.15, 0.2) is 12.1 Å². The van der Waals surface area contributed by atoms with Crippen molar-refractivity contribution in [1.82, 2.24) is 4.90 Å². The monoisotopic (exact) mass is 305 g/mol. The van der Waals surface area contributed by atoms with Crippen molar-refractivity contribution >= 4 is 0 Å². The second kappa shape index (κ2) is 6.09. The summed E-state index contributed by atoms with van der Waals surface area (Å²) in [5.74, 6) is 1.73. The number of piperidine rings is 1. The Morgan fingerprint density at radius 1 is 1.36 bits per heavy atom. The molecule has 1 unspecified atom stereocenters. The van der Waals surface area contributed by atoms with Crippen molar-refractivity contribution in [1.29, 1.82) is 0 Å². The van der Waals surface area contributed by atoms with Crippen molar-refractivity contribution < 1.29 is 14.9 Å². The van der Waals surface area contributed by atoms with Crippen molar-refractivity contribution in [3.63, 3.8) is 0 Å². The van der Waals surface area contributed by atoms with Crippen LogP contribution >= 0.6 is 0 Å². The van der Waals surface area contributed by atoms with Crippen LogP contribution in [0.1, 0.15) is 43.9 Å². The molecule has 3 rings (SSSR count). The Balaban J connectivity index is 1.86. The molecule has 1 aromatic rings. The van der Waals surface area contributed by atoms with Gasteiger partial charge in [-0.2, -0.15) is 0 Å². The number of phenolic OH excluding ortho intramolecular Hbond substituents is 1. The van der Waals surface area contributed by atoms with E-state index in [2.05, 4.69) is 18.7 Å². The van der Waals surface area contributed by atoms with Crippen LogP contribution in [0, 0.1) is 11.8 Å². The summed E-state index contributed by atoms with van der Waals surface area (Å²) in [6, 6.07) is 4.03. The van der Waals surface area contributed by atoms with Crippen LogP contribution in [0.4, 0.5) is 0 Å². The summed E-state index contributed by atoms with van der Waals surface area (Å²) < 4.78 is 5.26. The molecule has 1 saturated heterocycles. The highest BCUT2D eigenvalue weighted by Crippen LogP contribution is 2.43. The third-order valence-electron chi connectivity index (χ3n) is 5.16. The fourth-order valence-corrected chi connectivity index (χ4v) is 4.11. The first-order valence-electron chi connectivity index (χ1n) is 8.31. The van der Waals surface area contributed by atoms with E-state index in [1.165, 1.54) is 11.1 Å². The summed E-state index contributed by atoms with van der Waals surface area (Å²) in [5, 5.41) is 20.5. The Morgan fingerprint density at radius 3 is 2.82 bits per heavy atom. The number of aliphatic hydroxyl groups is 1. The third kappa shape index (κ3) is 2.82. The maximum atomic E-state index is 10.6. The maximum absolute atomic E-state index is 10.6. The molecule has 0 aromatic heterocycles. The van der Waals surface area contributed by atoms with Gasteiger partial charge in [0.2, 0.25) is 0 Å². The predicted molar refractivity (Wildman–Crippen MR) is 86.2 cm³/mol. The molecular formula is C18H27NO3. The molecular weight excluding hydrogens is 278 g/mol. The summed E-state index contributed by atoms with van der Waals surface area (Å²) in [4.78, 5) is 2.50. The molecule has 1 fully saturated rings. The molecule has 3 atom stereocenters. The number of nitrogens with zero attached hydrogens (tertiary/aromatic N) is 1. The number of benzene rings is 1. The van der Waals surface area contributed by atoms with Gasteiger partial charge in [-0.1, -0.05) is 13.8 Å². The van der Waals surface area contributed by atoms with Crippen LogP contribution in [0.5, 0.6) is 11.5 Å². The van der Waals surface area contributed by atoms with E-state index in [4.69, 9.17) is 4.74 Å². The van der Waals surface area contributed by atoms with Gasteiger partial charge in [0.05, 0.1) is 13.2 Å². The second-order valence-electron chi connectivity index (χ2n) is 7.18. The average molecular weight is 305 g/mol. The first-order chi connectivity index (χ1) is 10.5. The lowest BCUT2D eigenvalue weighted by Crippen LogP contribution is -2.48. The van der Waals surface area contributed by atoms with Gasteiger partial charge in [0, 0.05) is 19.1 Å². The SMILES string of the molecule is COc1cc2c(cc1O)CCN1CC(CC(C)C)[C@H](O)C[C@H]21. The molecule has 2 aliphatic rings. The lowest BCUT2D eigenvalue weighted by molar-refractivity contribution is -0.0191. The number of fused-ring (bicyclic) bond motifs is 3. The maximum Gasteiger partial charge on any atom is 0.160 e. The van der Waals surface area contributed by atoms with Gasteiger partial charge >= 0.3 is 0 Å². The minimum Gasteiger partial charge on any atom is -0.504 e. The van der Waals surface area contributed by atoms with E-state index in [0.29, 0.717) is 17.6 Å². The van der Waals surface area contributed by atoms with Crippen LogP contribution in [-0.2, 0) is 6.42 Å². The summed E-state index contributed by atoms with van der Waals surface area (Å²) in [6.45, 7) is 6.41. The van der Waals surface area contributed by atoms with Crippen LogP contribution in [0.2, 0.25) is 0 Å². The second-order valence-corrected chi connectivity index (χ2v) is 7.18. The smallest absolute Gasteiger partial charge is 0.160 e. The highest BCUT2D eigenvalue weighted by Gasteiger charge is 2.38. The Morgan fingerprint density at radius 2 is 2.14 bits per heavy atom. The van der Waals surface area contributed by atoms with Crippen LogP contribution in [0.25, 0.3) is 0 Å². The lowest BCUT2D eigenvalue weighted by atomic mass is 9.79. The topological polar surface area (TPSA) is 52.9 Å². The van der Waals surface area contributed by atoms with Gasteiger partial charge in [-0.05, 0) is 54.4 Å². The number of ether oxygens (including phenoxy) is 1. The van der Waals surface area contributed by atoms with E-state index >= 15 is 0 Å². The van der Waals surface area contributed by atoms with Crippen molar-refractivity contribution in [3.8, 4) is 11.5 Å². The first kappa shape index (κ1) is 15.6. The number of aliphatic hydroxyl groups excluding tert-OH is 1. The molecule has 2 N–H and O–H groups in total. The fourth-order valence-electron chi connectivity index (χ4n) is 4.11. The lowest BCUT2D eigenvalue weighted by Gasteiger charge is -2.46. The fraction of sp³-hybridized carbons (Fsp3) is 0.667. The van der Waals surface area contributed by atoms with E-state index in [1.807, 2.05) is 12.1 Å².